The van der Waals surface area contributed by atoms with Gasteiger partial charge in [0.1, 0.15) is 5.75 Å². The Bertz CT molecular complexity index is 1050. The fourth-order valence-corrected chi connectivity index (χ4v) is 4.03. The molecule has 2 amide bonds. The number of aromatic nitrogens is 1. The summed E-state index contributed by atoms with van der Waals surface area (Å²) in [5.41, 5.74) is 3.48. The Kier molecular flexibility index (Phi) is 5.98. The molecule has 1 aliphatic rings. The van der Waals surface area contributed by atoms with Gasteiger partial charge in [-0.05, 0) is 55.3 Å². The molecule has 2 heterocycles. The van der Waals surface area contributed by atoms with Crippen LogP contribution in [0.2, 0.25) is 0 Å². The van der Waals surface area contributed by atoms with Crippen molar-refractivity contribution < 1.29 is 14.3 Å². The molecule has 0 spiro atoms. The third-order valence-corrected chi connectivity index (χ3v) is 5.65. The minimum atomic E-state index is -0.420. The van der Waals surface area contributed by atoms with Crippen LogP contribution in [0.25, 0.3) is 0 Å². The average molecular weight is 415 g/mol. The molecule has 0 radical (unpaired) electrons. The van der Waals surface area contributed by atoms with Gasteiger partial charge in [0.05, 0.1) is 19.1 Å². The lowest BCUT2D eigenvalue weighted by Gasteiger charge is -2.41. The molecule has 31 heavy (non-hydrogen) atoms. The Morgan fingerprint density at radius 3 is 2.35 bits per heavy atom. The number of amides is 2. The van der Waals surface area contributed by atoms with E-state index in [4.69, 9.17) is 4.74 Å². The second kappa shape index (κ2) is 9.00. The largest absolute Gasteiger partial charge is 0.497 e. The summed E-state index contributed by atoms with van der Waals surface area (Å²) in [5.74, 6) is 0.223. The molecule has 1 N–H and O–H groups in total. The number of hydrogen-bond donors (Lipinski definition) is 1. The number of methoxy groups -OCH3 is 1. The van der Waals surface area contributed by atoms with E-state index in [9.17, 15) is 9.59 Å². The molecule has 6 nitrogen and oxygen atoms in total. The van der Waals surface area contributed by atoms with E-state index in [1.807, 2.05) is 55.5 Å². The van der Waals surface area contributed by atoms with Gasteiger partial charge in [-0.3, -0.25) is 14.6 Å². The number of nitrogens with zero attached hydrogens (tertiary/aromatic N) is 2. The van der Waals surface area contributed by atoms with E-state index in [2.05, 4.69) is 10.3 Å². The summed E-state index contributed by atoms with van der Waals surface area (Å²) in [7, 11) is 1.61. The first-order chi connectivity index (χ1) is 15.1. The zero-order valence-corrected chi connectivity index (χ0v) is 17.6. The first-order valence-electron chi connectivity index (χ1n) is 10.3. The lowest BCUT2D eigenvalue weighted by atomic mass is 9.83. The predicted octanol–water partition coefficient (Wildman–Crippen LogP) is 4.52. The standard InChI is InChI=1S/C25H25N3O3/c1-17-3-7-20(8-4-17)28-23(29)12-11-22(25(30)27-19-13-15-26-16-14-19)24(28)18-5-9-21(31-2)10-6-18/h3-10,13-16,22,24H,11-12H2,1-2H3,(H,26,27,30). The van der Waals surface area contributed by atoms with Gasteiger partial charge >= 0.3 is 0 Å². The van der Waals surface area contributed by atoms with Crippen molar-refractivity contribution in [2.24, 2.45) is 5.92 Å². The summed E-state index contributed by atoms with van der Waals surface area (Å²) in [6, 6.07) is 18.5. The fourth-order valence-electron chi connectivity index (χ4n) is 4.03. The van der Waals surface area contributed by atoms with E-state index in [-0.39, 0.29) is 11.8 Å². The maximum absolute atomic E-state index is 13.3. The predicted molar refractivity (Wildman–Crippen MR) is 120 cm³/mol. The van der Waals surface area contributed by atoms with Gasteiger partial charge < -0.3 is 15.0 Å². The maximum atomic E-state index is 13.3. The third kappa shape index (κ3) is 4.43. The Balaban J connectivity index is 1.74. The number of carbonyl (C=O) groups excluding carboxylic acids is 2. The first kappa shape index (κ1) is 20.6. The highest BCUT2D eigenvalue weighted by Crippen LogP contribution is 2.41. The first-order valence-corrected chi connectivity index (χ1v) is 10.3. The van der Waals surface area contributed by atoms with E-state index in [1.54, 1.807) is 36.5 Å². The molecule has 158 valence electrons. The normalized spacial score (nSPS) is 18.5. The lowest BCUT2D eigenvalue weighted by molar-refractivity contribution is -0.125. The highest BCUT2D eigenvalue weighted by molar-refractivity contribution is 6.00. The van der Waals surface area contributed by atoms with Crippen molar-refractivity contribution in [1.29, 1.82) is 0 Å². The van der Waals surface area contributed by atoms with Crippen LogP contribution in [0.3, 0.4) is 0 Å². The van der Waals surface area contributed by atoms with Crippen molar-refractivity contribution in [1.82, 2.24) is 4.98 Å². The topological polar surface area (TPSA) is 71.5 Å². The van der Waals surface area contributed by atoms with Crippen LogP contribution >= 0.6 is 0 Å². The minimum Gasteiger partial charge on any atom is -0.497 e. The summed E-state index contributed by atoms with van der Waals surface area (Å²) in [4.78, 5) is 32.2. The molecule has 0 bridgehead atoms. The smallest absolute Gasteiger partial charge is 0.229 e. The van der Waals surface area contributed by atoms with Gasteiger partial charge in [0.15, 0.2) is 0 Å². The number of rotatable bonds is 5. The van der Waals surface area contributed by atoms with Gasteiger partial charge in [0.2, 0.25) is 11.8 Å². The molecule has 4 rings (SSSR count). The lowest BCUT2D eigenvalue weighted by Crippen LogP contribution is -2.47. The molecular formula is C25H25N3O3. The van der Waals surface area contributed by atoms with Crippen molar-refractivity contribution in [3.8, 4) is 5.75 Å². The molecule has 1 aliphatic heterocycles. The number of anilines is 2. The Morgan fingerprint density at radius 2 is 1.71 bits per heavy atom. The Labute approximate surface area is 181 Å². The van der Waals surface area contributed by atoms with E-state index < -0.39 is 12.0 Å². The highest BCUT2D eigenvalue weighted by Gasteiger charge is 2.41. The van der Waals surface area contributed by atoms with Crippen molar-refractivity contribution in [3.05, 3.63) is 84.2 Å². The monoisotopic (exact) mass is 415 g/mol. The SMILES string of the molecule is COc1ccc(C2C(C(=O)Nc3ccncc3)CCC(=O)N2c2ccc(C)cc2)cc1. The van der Waals surface area contributed by atoms with Gasteiger partial charge in [-0.1, -0.05) is 29.8 Å². The molecule has 0 saturated carbocycles. The third-order valence-electron chi connectivity index (χ3n) is 5.65. The fraction of sp³-hybridized carbons (Fsp3) is 0.240. The molecule has 2 unspecified atom stereocenters. The highest BCUT2D eigenvalue weighted by atomic mass is 16.5. The molecule has 2 atom stereocenters. The summed E-state index contributed by atoms with van der Waals surface area (Å²) in [5, 5.41) is 2.99. The van der Waals surface area contributed by atoms with Crippen LogP contribution in [-0.2, 0) is 9.59 Å². The number of pyridine rings is 1. The van der Waals surface area contributed by atoms with Gasteiger partial charge in [-0.25, -0.2) is 0 Å². The number of nitrogens with one attached hydrogen (secondary N) is 1. The number of hydrogen-bond acceptors (Lipinski definition) is 4. The summed E-state index contributed by atoms with van der Waals surface area (Å²) in [6.45, 7) is 2.01. The number of ether oxygens (including phenoxy) is 1. The van der Waals surface area contributed by atoms with Crippen LogP contribution in [0.1, 0.15) is 30.0 Å². The van der Waals surface area contributed by atoms with Crippen molar-refractivity contribution in [2.45, 2.75) is 25.8 Å². The number of carbonyl (C=O) groups is 2. The second-order valence-corrected chi connectivity index (χ2v) is 7.69. The molecule has 3 aromatic rings. The average Bonchev–Trinajstić information content (AvgIpc) is 2.80. The van der Waals surface area contributed by atoms with Crippen molar-refractivity contribution in [3.63, 3.8) is 0 Å². The second-order valence-electron chi connectivity index (χ2n) is 7.69. The van der Waals surface area contributed by atoms with Crippen LogP contribution in [0, 0.1) is 12.8 Å². The number of aryl methyl sites for hydroxylation is 1. The zero-order chi connectivity index (χ0) is 21.8. The Hall–Kier alpha value is -3.67. The molecule has 2 aromatic carbocycles. The van der Waals surface area contributed by atoms with Crippen molar-refractivity contribution >= 4 is 23.2 Å². The van der Waals surface area contributed by atoms with Crippen LogP contribution < -0.4 is 15.0 Å². The molecule has 1 saturated heterocycles. The zero-order valence-electron chi connectivity index (χ0n) is 17.6. The van der Waals surface area contributed by atoms with Crippen LogP contribution in [0.5, 0.6) is 5.75 Å². The maximum Gasteiger partial charge on any atom is 0.229 e. The van der Waals surface area contributed by atoms with Gasteiger partial charge in [-0.2, -0.15) is 0 Å². The molecular weight excluding hydrogens is 390 g/mol. The van der Waals surface area contributed by atoms with E-state index >= 15 is 0 Å². The molecule has 6 heteroatoms. The van der Waals surface area contributed by atoms with Crippen molar-refractivity contribution in [2.75, 3.05) is 17.3 Å². The van der Waals surface area contributed by atoms with E-state index in [1.165, 1.54) is 0 Å². The van der Waals surface area contributed by atoms with Gasteiger partial charge in [0, 0.05) is 30.2 Å². The molecule has 1 fully saturated rings. The van der Waals surface area contributed by atoms with Crippen LogP contribution in [-0.4, -0.2) is 23.9 Å². The van der Waals surface area contributed by atoms with Gasteiger partial charge in [0.25, 0.3) is 0 Å². The minimum absolute atomic E-state index is 0.0117. The Morgan fingerprint density at radius 1 is 1.03 bits per heavy atom. The molecule has 0 aliphatic carbocycles. The summed E-state index contributed by atoms with van der Waals surface area (Å²) >= 11 is 0. The van der Waals surface area contributed by atoms with E-state index in [0.717, 1.165) is 22.6 Å². The summed E-state index contributed by atoms with van der Waals surface area (Å²) in [6.07, 6.45) is 4.07. The number of piperidine rings is 1. The van der Waals surface area contributed by atoms with Crippen LogP contribution in [0.4, 0.5) is 11.4 Å². The molecule has 1 aromatic heterocycles. The number of benzene rings is 2. The summed E-state index contributed by atoms with van der Waals surface area (Å²) < 4.78 is 5.29. The van der Waals surface area contributed by atoms with Gasteiger partial charge in [-0.15, -0.1) is 0 Å². The van der Waals surface area contributed by atoms with E-state index in [0.29, 0.717) is 18.5 Å². The van der Waals surface area contributed by atoms with Crippen LogP contribution in [0.15, 0.2) is 73.1 Å². The quantitative estimate of drug-likeness (QED) is 0.665.